The van der Waals surface area contributed by atoms with Crippen molar-refractivity contribution >= 4 is 23.7 Å². The molecule has 2 fully saturated rings. The van der Waals surface area contributed by atoms with Gasteiger partial charge in [0.05, 0.1) is 9.85 Å². The molecule has 2 saturated carbocycles. The summed E-state index contributed by atoms with van der Waals surface area (Å²) in [6.45, 7) is 0. The molecule has 0 amide bonds. The van der Waals surface area contributed by atoms with Crippen molar-refractivity contribution in [1.29, 1.82) is 0 Å². The summed E-state index contributed by atoms with van der Waals surface area (Å²) in [6, 6.07) is 9.87. The van der Waals surface area contributed by atoms with E-state index in [9.17, 15) is 29.8 Å². The van der Waals surface area contributed by atoms with Gasteiger partial charge in [-0.1, -0.05) is 0 Å². The van der Waals surface area contributed by atoms with Crippen LogP contribution in [0.15, 0.2) is 48.5 Å². The summed E-state index contributed by atoms with van der Waals surface area (Å²) >= 11 is 0. The summed E-state index contributed by atoms with van der Waals surface area (Å²) in [7, 11) is 0. The van der Waals surface area contributed by atoms with Gasteiger partial charge >= 0.3 is 12.3 Å². The van der Waals surface area contributed by atoms with Crippen molar-refractivity contribution in [1.82, 2.24) is 0 Å². The van der Waals surface area contributed by atoms with E-state index in [-0.39, 0.29) is 34.7 Å². The number of hydrogen-bond donors (Lipinski definition) is 0. The van der Waals surface area contributed by atoms with E-state index >= 15 is 0 Å². The van der Waals surface area contributed by atoms with Crippen molar-refractivity contribution in [3.8, 4) is 11.5 Å². The zero-order chi connectivity index (χ0) is 23.5. The first-order valence-electron chi connectivity index (χ1n) is 10.1. The van der Waals surface area contributed by atoms with Crippen LogP contribution in [0.5, 0.6) is 11.5 Å². The lowest BCUT2D eigenvalue weighted by atomic mass is 9.95. The highest BCUT2D eigenvalue weighted by Crippen LogP contribution is 2.47. The van der Waals surface area contributed by atoms with Gasteiger partial charge in [0, 0.05) is 36.1 Å². The highest BCUT2D eigenvalue weighted by molar-refractivity contribution is 5.66. The molecule has 0 radical (unpaired) electrons. The van der Waals surface area contributed by atoms with Gasteiger partial charge in [-0.3, -0.25) is 20.2 Å². The largest absolute Gasteiger partial charge is 0.514 e. The fraction of sp³-hybridized carbons (Fsp3) is 0.333. The molecule has 33 heavy (non-hydrogen) atoms. The first kappa shape index (κ1) is 22.0. The quantitative estimate of drug-likeness (QED) is 0.263. The summed E-state index contributed by atoms with van der Waals surface area (Å²) in [5.41, 5.74) is -0.298. The van der Waals surface area contributed by atoms with Crippen LogP contribution in [0.25, 0.3) is 0 Å². The number of ether oxygens (including phenoxy) is 4. The van der Waals surface area contributed by atoms with Gasteiger partial charge < -0.3 is 18.9 Å². The molecule has 2 aliphatic rings. The van der Waals surface area contributed by atoms with Crippen molar-refractivity contribution in [2.45, 2.75) is 31.5 Å². The monoisotopic (exact) mass is 458 g/mol. The number of nitro groups is 2. The minimum absolute atomic E-state index is 0.00316. The number of carbonyl (C=O) groups excluding carboxylic acids is 2. The normalized spacial score (nSPS) is 22.9. The second kappa shape index (κ2) is 9.10. The maximum atomic E-state index is 12.3. The summed E-state index contributed by atoms with van der Waals surface area (Å²) < 4.78 is 21.0. The van der Waals surface area contributed by atoms with Crippen molar-refractivity contribution < 1.29 is 38.4 Å². The summed E-state index contributed by atoms with van der Waals surface area (Å²) in [5, 5.41) is 21.4. The predicted octanol–water partition coefficient (Wildman–Crippen LogP) is 4.40. The molecule has 0 aliphatic heterocycles. The lowest BCUT2D eigenvalue weighted by Crippen LogP contribution is -2.41. The van der Waals surface area contributed by atoms with E-state index in [0.717, 1.165) is 12.8 Å². The summed E-state index contributed by atoms with van der Waals surface area (Å²) in [5.74, 6) is 0.140. The molecule has 0 N–H and O–H groups in total. The van der Waals surface area contributed by atoms with Gasteiger partial charge in [0.1, 0.15) is 23.7 Å². The Hall–Kier alpha value is -4.22. The van der Waals surface area contributed by atoms with Gasteiger partial charge in [-0.05, 0) is 43.5 Å². The molecule has 0 saturated heterocycles. The van der Waals surface area contributed by atoms with E-state index in [1.54, 1.807) is 0 Å². The van der Waals surface area contributed by atoms with Gasteiger partial charge in [0.2, 0.25) is 0 Å². The fourth-order valence-electron chi connectivity index (χ4n) is 4.25. The standard InChI is InChI=1S/C21H18N2O10/c24-20(30-16-7-3-14(4-8-16)22(26)27)32-18-12-1-2-13(11-12)19(18)33-21(25)31-17-9-5-15(6-10-17)23(28)29/h3-10,12-13,18-19H,1-2,11H2. The second-order valence-electron chi connectivity index (χ2n) is 7.70. The van der Waals surface area contributed by atoms with E-state index in [4.69, 9.17) is 18.9 Å². The highest BCUT2D eigenvalue weighted by atomic mass is 16.8. The van der Waals surface area contributed by atoms with E-state index in [1.807, 2.05) is 0 Å². The van der Waals surface area contributed by atoms with E-state index in [2.05, 4.69) is 0 Å². The van der Waals surface area contributed by atoms with Crippen LogP contribution < -0.4 is 9.47 Å². The van der Waals surface area contributed by atoms with Crippen molar-refractivity contribution in [2.75, 3.05) is 0 Å². The number of non-ortho nitro benzene ring substituents is 2. The third-order valence-corrected chi connectivity index (χ3v) is 5.73. The maximum absolute atomic E-state index is 12.3. The predicted molar refractivity (Wildman–Crippen MR) is 109 cm³/mol. The molecule has 0 aromatic heterocycles. The molecule has 2 bridgehead atoms. The Bertz CT molecular complexity index is 984. The number of benzene rings is 2. The summed E-state index contributed by atoms with van der Waals surface area (Å²) in [6.07, 6.45) is -1.16. The zero-order valence-electron chi connectivity index (χ0n) is 17.0. The van der Waals surface area contributed by atoms with Gasteiger partial charge in [0.25, 0.3) is 11.4 Å². The van der Waals surface area contributed by atoms with Crippen LogP contribution in [-0.4, -0.2) is 34.4 Å². The molecular formula is C21H18N2O10. The van der Waals surface area contributed by atoms with Gasteiger partial charge in [-0.25, -0.2) is 9.59 Å². The van der Waals surface area contributed by atoms with Crippen LogP contribution in [0.2, 0.25) is 0 Å². The minimum Gasteiger partial charge on any atom is -0.426 e. The Labute approximate surface area is 186 Å². The minimum atomic E-state index is -1.02. The first-order valence-corrected chi connectivity index (χ1v) is 10.1. The molecule has 12 nitrogen and oxygen atoms in total. The van der Waals surface area contributed by atoms with Crippen molar-refractivity contribution in [3.05, 3.63) is 68.8 Å². The van der Waals surface area contributed by atoms with Gasteiger partial charge in [-0.15, -0.1) is 0 Å². The van der Waals surface area contributed by atoms with Crippen LogP contribution in [-0.2, 0) is 9.47 Å². The van der Waals surface area contributed by atoms with Gasteiger partial charge in [-0.2, -0.15) is 0 Å². The zero-order valence-corrected chi connectivity index (χ0v) is 17.0. The Kier molecular flexibility index (Phi) is 6.07. The number of nitrogens with zero attached hydrogens (tertiary/aromatic N) is 2. The van der Waals surface area contributed by atoms with Crippen LogP contribution in [0, 0.1) is 32.1 Å². The maximum Gasteiger partial charge on any atom is 0.514 e. The third-order valence-electron chi connectivity index (χ3n) is 5.73. The number of rotatable bonds is 6. The van der Waals surface area contributed by atoms with E-state index in [1.165, 1.54) is 48.5 Å². The molecule has 4 unspecified atom stereocenters. The molecule has 2 aromatic carbocycles. The molecular weight excluding hydrogens is 440 g/mol. The van der Waals surface area contributed by atoms with Crippen LogP contribution in [0.4, 0.5) is 21.0 Å². The van der Waals surface area contributed by atoms with Gasteiger partial charge in [0.15, 0.2) is 0 Å². The van der Waals surface area contributed by atoms with Crippen molar-refractivity contribution in [3.63, 3.8) is 0 Å². The average Bonchev–Trinajstić information content (AvgIpc) is 3.37. The van der Waals surface area contributed by atoms with E-state index < -0.39 is 34.4 Å². The molecule has 0 spiro atoms. The lowest BCUT2D eigenvalue weighted by Gasteiger charge is -2.29. The highest BCUT2D eigenvalue weighted by Gasteiger charge is 2.52. The lowest BCUT2D eigenvalue weighted by molar-refractivity contribution is -0.385. The third kappa shape index (κ3) is 5.00. The number of fused-ring (bicyclic) bond motifs is 2. The fourth-order valence-corrected chi connectivity index (χ4v) is 4.25. The smallest absolute Gasteiger partial charge is 0.426 e. The second-order valence-corrected chi connectivity index (χ2v) is 7.70. The molecule has 2 aromatic rings. The Morgan fingerprint density at radius 3 is 1.39 bits per heavy atom. The van der Waals surface area contributed by atoms with Crippen LogP contribution in [0.1, 0.15) is 19.3 Å². The average molecular weight is 458 g/mol. The molecule has 2 aliphatic carbocycles. The molecule has 4 rings (SSSR count). The molecule has 4 atom stereocenters. The molecule has 0 heterocycles. The Morgan fingerprint density at radius 1 is 0.697 bits per heavy atom. The number of hydrogen-bond acceptors (Lipinski definition) is 10. The van der Waals surface area contributed by atoms with Crippen molar-refractivity contribution in [2.24, 2.45) is 11.8 Å². The topological polar surface area (TPSA) is 157 Å². The van der Waals surface area contributed by atoms with Crippen LogP contribution in [0.3, 0.4) is 0 Å². The Morgan fingerprint density at radius 2 is 1.06 bits per heavy atom. The number of carbonyl (C=O) groups is 2. The van der Waals surface area contributed by atoms with Crippen LogP contribution >= 0.6 is 0 Å². The molecule has 172 valence electrons. The molecule has 12 heteroatoms. The first-order chi connectivity index (χ1) is 15.8. The van der Waals surface area contributed by atoms with E-state index in [0.29, 0.717) is 6.42 Å². The number of nitro benzene ring substituents is 2. The summed E-state index contributed by atoms with van der Waals surface area (Å²) in [4.78, 5) is 44.8. The SMILES string of the molecule is O=C(Oc1ccc([N+](=O)[O-])cc1)OC1C2CCC(C2)C1OC(=O)Oc1ccc([N+](=O)[O-])cc1. The Balaban J connectivity index is 1.35.